The minimum absolute atomic E-state index is 0.0264. The molecule has 0 bridgehead atoms. The smallest absolute Gasteiger partial charge is 0.462 e. The SMILES string of the molecule is CCCCCCCCCCCCCCCC(=O)O[C@H](COC(=O)CCCCCCCCCS)COP(=O)(O)OC1C(O)[C@@H](OP(=O)(O)O)C(OP(=O)(O)O)[C@@H](OP(=O)(O)O)[C@H]1O. The van der Waals surface area contributed by atoms with Gasteiger partial charge in [0.1, 0.15) is 43.2 Å². The number of carbonyl (C=O) groups is 2. The quantitative estimate of drug-likeness (QED) is 0.0156. The second kappa shape index (κ2) is 31.6. The van der Waals surface area contributed by atoms with Crippen molar-refractivity contribution in [2.24, 2.45) is 0 Å². The molecule has 62 heavy (non-hydrogen) atoms. The van der Waals surface area contributed by atoms with E-state index < -0.39 is 99.2 Å². The highest BCUT2D eigenvalue weighted by atomic mass is 32.1. The molecule has 1 aliphatic carbocycles. The Kier molecular flexibility index (Phi) is 30.4. The fraction of sp³-hybridized carbons (Fsp3) is 0.943. The predicted molar refractivity (Wildman–Crippen MR) is 225 cm³/mol. The summed E-state index contributed by atoms with van der Waals surface area (Å²) in [7, 11) is -23.0. The average Bonchev–Trinajstić information content (AvgIpc) is 3.16. The minimum atomic E-state index is -5.78. The molecule has 1 rings (SSSR count). The Morgan fingerprint density at radius 3 is 1.27 bits per heavy atom. The Morgan fingerprint density at radius 1 is 0.500 bits per heavy atom. The molecule has 0 aromatic rings. The van der Waals surface area contributed by atoms with Crippen LogP contribution >= 0.6 is 43.9 Å². The zero-order valence-corrected chi connectivity index (χ0v) is 39.8. The number of phosphoric ester groups is 4. The second-order valence-corrected chi connectivity index (χ2v) is 20.7. The van der Waals surface area contributed by atoms with E-state index >= 15 is 0 Å². The van der Waals surface area contributed by atoms with Gasteiger partial charge in [0, 0.05) is 12.8 Å². The van der Waals surface area contributed by atoms with E-state index in [4.69, 9.17) is 18.5 Å². The van der Waals surface area contributed by atoms with E-state index in [1.54, 1.807) is 0 Å². The predicted octanol–water partition coefficient (Wildman–Crippen LogP) is 5.64. The molecule has 368 valence electrons. The number of thiol groups is 1. The van der Waals surface area contributed by atoms with Crippen LogP contribution < -0.4 is 0 Å². The van der Waals surface area contributed by atoms with Gasteiger partial charge in [0.25, 0.3) is 0 Å². The van der Waals surface area contributed by atoms with Crippen LogP contribution in [0.2, 0.25) is 0 Å². The Labute approximate surface area is 369 Å². The van der Waals surface area contributed by atoms with Gasteiger partial charge in [0.05, 0.1) is 6.61 Å². The molecule has 1 saturated carbocycles. The van der Waals surface area contributed by atoms with Crippen LogP contribution in [0.1, 0.15) is 148 Å². The Morgan fingerprint density at radius 2 is 0.871 bits per heavy atom. The van der Waals surface area contributed by atoms with Gasteiger partial charge in [-0.25, -0.2) is 18.3 Å². The lowest BCUT2D eigenvalue weighted by molar-refractivity contribution is -0.209. The van der Waals surface area contributed by atoms with Gasteiger partial charge < -0.3 is 53.9 Å². The van der Waals surface area contributed by atoms with Crippen molar-refractivity contribution in [3.05, 3.63) is 0 Å². The lowest BCUT2D eigenvalue weighted by Gasteiger charge is -2.45. The molecule has 0 aromatic heterocycles. The molecule has 1 aliphatic rings. The van der Waals surface area contributed by atoms with Crippen LogP contribution in [0.15, 0.2) is 0 Å². The first kappa shape index (κ1) is 59.7. The summed E-state index contributed by atoms with van der Waals surface area (Å²) in [5.74, 6) is -0.597. The molecule has 0 spiro atoms. The minimum Gasteiger partial charge on any atom is -0.462 e. The molecule has 22 nitrogen and oxygen atoms in total. The highest BCUT2D eigenvalue weighted by Gasteiger charge is 2.59. The number of rotatable bonds is 37. The molecule has 0 radical (unpaired) electrons. The fourth-order valence-corrected chi connectivity index (χ4v) is 9.53. The van der Waals surface area contributed by atoms with Gasteiger partial charge in [0.15, 0.2) is 6.10 Å². The van der Waals surface area contributed by atoms with Crippen molar-refractivity contribution in [2.45, 2.75) is 191 Å². The summed E-state index contributed by atoms with van der Waals surface area (Å²) in [5.41, 5.74) is 0. The van der Waals surface area contributed by atoms with Crippen LogP contribution in [0.5, 0.6) is 0 Å². The summed E-state index contributed by atoms with van der Waals surface area (Å²) in [6.45, 7) is 0.539. The van der Waals surface area contributed by atoms with Crippen LogP contribution in [-0.2, 0) is 59.9 Å². The van der Waals surface area contributed by atoms with Crippen molar-refractivity contribution in [1.82, 2.24) is 0 Å². The van der Waals surface area contributed by atoms with Crippen molar-refractivity contribution in [3.63, 3.8) is 0 Å². The van der Waals surface area contributed by atoms with Gasteiger partial charge >= 0.3 is 43.2 Å². The van der Waals surface area contributed by atoms with E-state index in [-0.39, 0.29) is 12.8 Å². The van der Waals surface area contributed by atoms with Crippen molar-refractivity contribution < 1.29 is 104 Å². The summed E-state index contributed by atoms with van der Waals surface area (Å²) in [6, 6.07) is 0. The fourth-order valence-electron chi connectivity index (χ4n) is 6.65. The first-order valence-electron chi connectivity index (χ1n) is 21.2. The van der Waals surface area contributed by atoms with Crippen LogP contribution in [0.4, 0.5) is 0 Å². The van der Waals surface area contributed by atoms with Gasteiger partial charge in [-0.2, -0.15) is 12.6 Å². The van der Waals surface area contributed by atoms with Crippen LogP contribution in [0.3, 0.4) is 0 Å². The number of esters is 2. The third-order valence-electron chi connectivity index (χ3n) is 9.70. The molecule has 1 fully saturated rings. The maximum absolute atomic E-state index is 13.2. The number of phosphoric acid groups is 4. The van der Waals surface area contributed by atoms with E-state index in [2.05, 4.69) is 33.1 Å². The molecular formula is C35H70O22P4S. The lowest BCUT2D eigenvalue weighted by atomic mass is 9.85. The standard InChI is InChI=1S/C35H70O22P4S/c1-2-3-4-5-6-7-8-9-10-11-13-17-20-23-29(37)53-27(25-51-28(36)22-19-16-14-12-15-18-21-24-62)26-52-61(49,50)57-32-30(38)33(54-58(40,41)42)35(56-60(46,47)48)34(31(32)39)55-59(43,44)45/h27,30-35,38-39,62H,2-26H2,1H3,(H,49,50)(H2,40,41,42)(H2,43,44,45)(H2,46,47,48)/t27-,30+,31?,32?,33+,34-,35?/m1/s1. The summed E-state index contributed by atoms with van der Waals surface area (Å²) in [4.78, 5) is 92.3. The van der Waals surface area contributed by atoms with Gasteiger partial charge in [-0.05, 0) is 25.0 Å². The highest BCUT2D eigenvalue weighted by Crippen LogP contribution is 2.53. The molecule has 0 amide bonds. The number of unbranched alkanes of at least 4 members (excludes halogenated alkanes) is 18. The van der Waals surface area contributed by atoms with Crippen molar-refractivity contribution in [3.8, 4) is 0 Å². The Hall–Kier alpha value is -0.350. The molecule has 0 aromatic carbocycles. The molecule has 27 heteroatoms. The van der Waals surface area contributed by atoms with Gasteiger partial charge in [-0.15, -0.1) is 0 Å². The van der Waals surface area contributed by atoms with Crippen molar-refractivity contribution >= 4 is 55.9 Å². The molecule has 0 heterocycles. The monoisotopic (exact) mass is 998 g/mol. The van der Waals surface area contributed by atoms with E-state index in [1.165, 1.54) is 44.9 Å². The molecular weight excluding hydrogens is 928 g/mol. The van der Waals surface area contributed by atoms with Gasteiger partial charge in [-0.3, -0.25) is 32.2 Å². The summed E-state index contributed by atoms with van der Waals surface area (Å²) in [6.07, 6.45) is 2.28. The number of aliphatic hydroxyl groups is 2. The largest absolute Gasteiger partial charge is 0.472 e. The average molecular weight is 999 g/mol. The second-order valence-electron chi connectivity index (χ2n) is 15.2. The van der Waals surface area contributed by atoms with Crippen LogP contribution in [0, 0.1) is 0 Å². The third-order valence-corrected chi connectivity index (χ3v) is 12.6. The van der Waals surface area contributed by atoms with Crippen LogP contribution in [0.25, 0.3) is 0 Å². The maximum Gasteiger partial charge on any atom is 0.472 e. The molecule has 9 N–H and O–H groups in total. The summed E-state index contributed by atoms with van der Waals surface area (Å²) < 4.78 is 81.7. The number of hydrogen-bond acceptors (Lipinski definition) is 16. The lowest BCUT2D eigenvalue weighted by Crippen LogP contribution is -2.65. The zero-order valence-electron chi connectivity index (χ0n) is 35.3. The molecule has 4 unspecified atom stereocenters. The first-order valence-corrected chi connectivity index (χ1v) is 27.9. The molecule has 0 aliphatic heterocycles. The first-order chi connectivity index (χ1) is 29.0. The van der Waals surface area contributed by atoms with E-state index in [0.717, 1.165) is 76.4 Å². The van der Waals surface area contributed by atoms with E-state index in [0.29, 0.717) is 12.8 Å². The van der Waals surface area contributed by atoms with Crippen molar-refractivity contribution in [1.29, 1.82) is 0 Å². The summed E-state index contributed by atoms with van der Waals surface area (Å²) in [5, 5.41) is 21.7. The Bertz CT molecular complexity index is 1410. The van der Waals surface area contributed by atoms with Gasteiger partial charge in [-0.1, -0.05) is 116 Å². The Balaban J connectivity index is 2.98. The number of ether oxygens (including phenoxy) is 2. The topological polar surface area (TPSA) is 349 Å². The normalized spacial score (nSPS) is 22.6. The molecule has 8 atom stereocenters. The van der Waals surface area contributed by atoms with E-state index in [1.807, 2.05) is 0 Å². The summed E-state index contributed by atoms with van der Waals surface area (Å²) >= 11 is 4.19. The zero-order chi connectivity index (χ0) is 46.8. The van der Waals surface area contributed by atoms with Crippen molar-refractivity contribution in [2.75, 3.05) is 19.0 Å². The van der Waals surface area contributed by atoms with E-state index in [9.17, 15) is 72.3 Å². The molecule has 0 saturated heterocycles. The number of hydrogen-bond donors (Lipinski definition) is 10. The third kappa shape index (κ3) is 29.3. The van der Waals surface area contributed by atoms with Crippen LogP contribution in [-0.4, -0.2) is 118 Å². The highest BCUT2D eigenvalue weighted by molar-refractivity contribution is 7.80. The number of aliphatic hydroxyl groups excluding tert-OH is 2. The van der Waals surface area contributed by atoms with Gasteiger partial charge in [0.2, 0.25) is 0 Å². The maximum atomic E-state index is 13.2. The number of carbonyl (C=O) groups excluding carboxylic acids is 2.